The number of hydrogen-bond acceptors (Lipinski definition) is 4. The quantitative estimate of drug-likeness (QED) is 0.905. The molecule has 0 radical (unpaired) electrons. The summed E-state index contributed by atoms with van der Waals surface area (Å²) in [6.45, 7) is 3.74. The summed E-state index contributed by atoms with van der Waals surface area (Å²) in [7, 11) is 0. The van der Waals surface area contributed by atoms with E-state index in [0.717, 1.165) is 44.7 Å². The molecule has 2 amide bonds. The lowest BCUT2D eigenvalue weighted by Crippen LogP contribution is -2.28. The van der Waals surface area contributed by atoms with Crippen molar-refractivity contribution >= 4 is 23.2 Å². The normalized spacial score (nSPS) is 16.6. The molecule has 2 saturated heterocycles. The van der Waals surface area contributed by atoms with E-state index in [0.29, 0.717) is 11.1 Å². The molecule has 0 bridgehead atoms. The van der Waals surface area contributed by atoms with Crippen molar-refractivity contribution in [3.8, 4) is 0 Å². The van der Waals surface area contributed by atoms with Gasteiger partial charge >= 0.3 is 0 Å². The number of benzene rings is 1. The highest BCUT2D eigenvalue weighted by molar-refractivity contribution is 6.05. The maximum atomic E-state index is 12.6. The number of pyridine rings is 1. The highest BCUT2D eigenvalue weighted by Gasteiger charge is 2.21. The standard InChI is InChI=1S/C21H24N4O2/c26-20(23-18-5-7-19(8-6-18)24-9-1-2-10-24)16-13-17(15-22-14-16)21(27)25-11-3-4-12-25/h5-8,13-15H,1-4,9-12H2,(H,23,26). The second-order valence-electron chi connectivity index (χ2n) is 7.16. The number of aromatic nitrogens is 1. The van der Waals surface area contributed by atoms with Crippen LogP contribution in [0.3, 0.4) is 0 Å². The topological polar surface area (TPSA) is 65.5 Å². The molecule has 1 aromatic heterocycles. The molecule has 1 aromatic carbocycles. The maximum Gasteiger partial charge on any atom is 0.257 e. The third-order valence-corrected chi connectivity index (χ3v) is 5.24. The maximum absolute atomic E-state index is 12.6. The first-order valence-corrected chi connectivity index (χ1v) is 9.61. The van der Waals surface area contributed by atoms with Crippen molar-refractivity contribution in [2.75, 3.05) is 36.4 Å². The molecule has 4 rings (SSSR count). The van der Waals surface area contributed by atoms with Crippen LogP contribution in [-0.2, 0) is 0 Å². The van der Waals surface area contributed by atoms with Crippen LogP contribution in [0.15, 0.2) is 42.7 Å². The number of rotatable bonds is 4. The van der Waals surface area contributed by atoms with Crippen LogP contribution in [0.2, 0.25) is 0 Å². The van der Waals surface area contributed by atoms with E-state index in [1.54, 1.807) is 6.07 Å². The van der Waals surface area contributed by atoms with Crippen molar-refractivity contribution in [1.29, 1.82) is 0 Å². The van der Waals surface area contributed by atoms with E-state index in [9.17, 15) is 9.59 Å². The lowest BCUT2D eigenvalue weighted by molar-refractivity contribution is 0.0792. The van der Waals surface area contributed by atoms with Gasteiger partial charge in [0, 0.05) is 49.9 Å². The number of likely N-dealkylation sites (tertiary alicyclic amines) is 1. The van der Waals surface area contributed by atoms with Gasteiger partial charge in [-0.05, 0) is 56.0 Å². The van der Waals surface area contributed by atoms with Crippen LogP contribution in [0.25, 0.3) is 0 Å². The monoisotopic (exact) mass is 364 g/mol. The Morgan fingerprint density at radius 1 is 0.852 bits per heavy atom. The second kappa shape index (κ2) is 7.78. The molecule has 2 aliphatic heterocycles. The van der Waals surface area contributed by atoms with Gasteiger partial charge in [0.1, 0.15) is 0 Å². The number of carbonyl (C=O) groups is 2. The minimum absolute atomic E-state index is 0.0513. The second-order valence-corrected chi connectivity index (χ2v) is 7.16. The van der Waals surface area contributed by atoms with Crippen LogP contribution in [0.1, 0.15) is 46.4 Å². The molecule has 2 aliphatic rings. The van der Waals surface area contributed by atoms with Gasteiger partial charge in [0.05, 0.1) is 11.1 Å². The summed E-state index contributed by atoms with van der Waals surface area (Å²) in [6, 6.07) is 9.52. The molecule has 0 spiro atoms. The fourth-order valence-electron chi connectivity index (χ4n) is 3.72. The van der Waals surface area contributed by atoms with Crippen molar-refractivity contribution in [2.24, 2.45) is 0 Å². The smallest absolute Gasteiger partial charge is 0.257 e. The molecule has 2 aromatic rings. The van der Waals surface area contributed by atoms with Crippen LogP contribution in [0, 0.1) is 0 Å². The predicted octanol–water partition coefficient (Wildman–Crippen LogP) is 3.17. The van der Waals surface area contributed by atoms with Gasteiger partial charge in [-0.2, -0.15) is 0 Å². The predicted molar refractivity (Wildman–Crippen MR) is 105 cm³/mol. The van der Waals surface area contributed by atoms with E-state index in [-0.39, 0.29) is 11.8 Å². The van der Waals surface area contributed by atoms with Gasteiger partial charge in [0.15, 0.2) is 0 Å². The lowest BCUT2D eigenvalue weighted by atomic mass is 10.1. The zero-order chi connectivity index (χ0) is 18.6. The highest BCUT2D eigenvalue weighted by Crippen LogP contribution is 2.22. The van der Waals surface area contributed by atoms with E-state index in [2.05, 4.69) is 15.2 Å². The fourth-order valence-corrected chi connectivity index (χ4v) is 3.72. The summed E-state index contributed by atoms with van der Waals surface area (Å²) < 4.78 is 0. The Hall–Kier alpha value is -2.89. The van der Waals surface area contributed by atoms with Gasteiger partial charge in [-0.25, -0.2) is 0 Å². The number of carbonyl (C=O) groups excluding carboxylic acids is 2. The van der Waals surface area contributed by atoms with Crippen molar-refractivity contribution in [1.82, 2.24) is 9.88 Å². The number of anilines is 2. The molecule has 6 nitrogen and oxygen atoms in total. The Kier molecular flexibility index (Phi) is 5.05. The summed E-state index contributed by atoms with van der Waals surface area (Å²) in [6.07, 6.45) is 7.56. The Morgan fingerprint density at radius 3 is 2.19 bits per heavy atom. The Labute approximate surface area is 159 Å². The van der Waals surface area contributed by atoms with Gasteiger partial charge in [-0.1, -0.05) is 0 Å². The molecule has 3 heterocycles. The van der Waals surface area contributed by atoms with Crippen molar-refractivity contribution in [2.45, 2.75) is 25.7 Å². The molecule has 0 saturated carbocycles. The van der Waals surface area contributed by atoms with E-state index in [1.165, 1.54) is 30.9 Å². The third kappa shape index (κ3) is 3.94. The van der Waals surface area contributed by atoms with Crippen LogP contribution in [-0.4, -0.2) is 47.9 Å². The minimum Gasteiger partial charge on any atom is -0.372 e. The Bertz CT molecular complexity index is 822. The molecule has 0 aliphatic carbocycles. The summed E-state index contributed by atoms with van der Waals surface area (Å²) in [5.74, 6) is -0.308. The molecular formula is C21H24N4O2. The Morgan fingerprint density at radius 2 is 1.48 bits per heavy atom. The summed E-state index contributed by atoms with van der Waals surface area (Å²) in [4.78, 5) is 33.3. The van der Waals surface area contributed by atoms with Gasteiger partial charge in [-0.15, -0.1) is 0 Å². The summed E-state index contributed by atoms with van der Waals surface area (Å²) in [5.41, 5.74) is 2.78. The van der Waals surface area contributed by atoms with E-state index in [4.69, 9.17) is 0 Å². The number of nitrogens with one attached hydrogen (secondary N) is 1. The molecular weight excluding hydrogens is 340 g/mol. The largest absolute Gasteiger partial charge is 0.372 e. The van der Waals surface area contributed by atoms with E-state index >= 15 is 0 Å². The first-order valence-electron chi connectivity index (χ1n) is 9.61. The first kappa shape index (κ1) is 17.5. The zero-order valence-corrected chi connectivity index (χ0v) is 15.4. The fraction of sp³-hybridized carbons (Fsp3) is 0.381. The number of amides is 2. The Balaban J connectivity index is 1.43. The molecule has 0 unspecified atom stereocenters. The van der Waals surface area contributed by atoms with Crippen LogP contribution in [0.5, 0.6) is 0 Å². The van der Waals surface area contributed by atoms with Crippen LogP contribution >= 0.6 is 0 Å². The van der Waals surface area contributed by atoms with Gasteiger partial charge < -0.3 is 15.1 Å². The van der Waals surface area contributed by atoms with Crippen molar-refractivity contribution in [3.05, 3.63) is 53.9 Å². The molecule has 0 atom stereocenters. The van der Waals surface area contributed by atoms with E-state index in [1.807, 2.05) is 29.2 Å². The molecule has 2 fully saturated rings. The SMILES string of the molecule is O=C(Nc1ccc(N2CCCC2)cc1)c1cncc(C(=O)N2CCCC2)c1. The van der Waals surface area contributed by atoms with Crippen LogP contribution in [0.4, 0.5) is 11.4 Å². The van der Waals surface area contributed by atoms with Crippen molar-refractivity contribution < 1.29 is 9.59 Å². The van der Waals surface area contributed by atoms with Gasteiger partial charge in [0.25, 0.3) is 11.8 Å². The summed E-state index contributed by atoms with van der Waals surface area (Å²) >= 11 is 0. The number of nitrogens with zero attached hydrogens (tertiary/aromatic N) is 3. The van der Waals surface area contributed by atoms with Gasteiger partial charge in [-0.3, -0.25) is 14.6 Å². The summed E-state index contributed by atoms with van der Waals surface area (Å²) in [5, 5.41) is 2.89. The molecule has 1 N–H and O–H groups in total. The average Bonchev–Trinajstić information content (AvgIpc) is 3.42. The average molecular weight is 364 g/mol. The van der Waals surface area contributed by atoms with Crippen molar-refractivity contribution in [3.63, 3.8) is 0 Å². The lowest BCUT2D eigenvalue weighted by Gasteiger charge is -2.18. The van der Waals surface area contributed by atoms with Crippen LogP contribution < -0.4 is 10.2 Å². The number of hydrogen-bond donors (Lipinski definition) is 1. The molecule has 140 valence electrons. The third-order valence-electron chi connectivity index (χ3n) is 5.24. The van der Waals surface area contributed by atoms with Gasteiger partial charge in [0.2, 0.25) is 0 Å². The zero-order valence-electron chi connectivity index (χ0n) is 15.4. The molecule has 27 heavy (non-hydrogen) atoms. The minimum atomic E-state index is -0.257. The highest BCUT2D eigenvalue weighted by atomic mass is 16.2. The molecule has 6 heteroatoms. The van der Waals surface area contributed by atoms with E-state index < -0.39 is 0 Å². The first-order chi connectivity index (χ1) is 13.2.